The van der Waals surface area contributed by atoms with Crippen LogP contribution in [0.3, 0.4) is 0 Å². The lowest BCUT2D eigenvalue weighted by Gasteiger charge is -2.29. The van der Waals surface area contributed by atoms with E-state index in [-0.39, 0.29) is 23.7 Å². The number of benzene rings is 1. The average Bonchev–Trinajstić information content (AvgIpc) is 2.90. The highest BCUT2D eigenvalue weighted by atomic mass is 35.5. The van der Waals surface area contributed by atoms with Crippen molar-refractivity contribution < 1.29 is 4.79 Å². The van der Waals surface area contributed by atoms with E-state index in [1.165, 1.54) is 15.6 Å². The molecule has 0 saturated carbocycles. The maximum atomic E-state index is 12.2. The molecule has 1 heterocycles. The normalized spacial score (nSPS) is 11.3. The number of nitrogens with zero attached hydrogens (tertiary/aromatic N) is 1. The fraction of sp³-hybridized carbons (Fsp3) is 0.500. The fourth-order valence-corrected chi connectivity index (χ4v) is 3.64. The summed E-state index contributed by atoms with van der Waals surface area (Å²) in [5.41, 5.74) is 7.07. The number of halogens is 1. The van der Waals surface area contributed by atoms with E-state index in [2.05, 4.69) is 43.5 Å². The van der Waals surface area contributed by atoms with Crippen LogP contribution >= 0.6 is 23.7 Å². The van der Waals surface area contributed by atoms with Gasteiger partial charge < -0.3 is 10.6 Å². The zero-order valence-corrected chi connectivity index (χ0v) is 15.8. The van der Waals surface area contributed by atoms with Crippen LogP contribution in [0.4, 0.5) is 0 Å². The number of carbonyl (C=O) groups is 1. The third kappa shape index (κ3) is 5.48. The molecule has 2 rings (SSSR count). The smallest absolute Gasteiger partial charge is 0.222 e. The van der Waals surface area contributed by atoms with Gasteiger partial charge in [-0.1, -0.05) is 32.0 Å². The number of carbonyl (C=O) groups excluding carboxylic acids is 1. The summed E-state index contributed by atoms with van der Waals surface area (Å²) >= 11 is 1.78. The molecule has 0 bridgehead atoms. The Kier molecular flexibility index (Phi) is 7.52. The Labute approximate surface area is 149 Å². The summed E-state index contributed by atoms with van der Waals surface area (Å²) in [5.74, 6) is 0.209. The SMILES string of the molecule is CN(CC(C)(C)CN)C(=O)CCCc1csc2ccccc12.Cl. The van der Waals surface area contributed by atoms with Gasteiger partial charge in [0.25, 0.3) is 0 Å². The molecule has 0 saturated heterocycles. The van der Waals surface area contributed by atoms with Crippen molar-refractivity contribution in [1.29, 1.82) is 0 Å². The van der Waals surface area contributed by atoms with Gasteiger partial charge in [0, 0.05) is 24.7 Å². The monoisotopic (exact) mass is 354 g/mol. The zero-order chi connectivity index (χ0) is 16.2. The first-order chi connectivity index (χ1) is 10.4. The van der Waals surface area contributed by atoms with E-state index in [0.29, 0.717) is 19.5 Å². The fourth-order valence-electron chi connectivity index (χ4n) is 2.64. The number of amides is 1. The summed E-state index contributed by atoms with van der Waals surface area (Å²) in [5, 5.41) is 3.55. The lowest BCUT2D eigenvalue weighted by molar-refractivity contribution is -0.131. The molecule has 5 heteroatoms. The largest absolute Gasteiger partial charge is 0.345 e. The minimum Gasteiger partial charge on any atom is -0.345 e. The molecule has 3 nitrogen and oxygen atoms in total. The summed E-state index contributed by atoms with van der Waals surface area (Å²) in [6.45, 7) is 5.48. The molecule has 2 aromatic rings. The zero-order valence-electron chi connectivity index (χ0n) is 14.2. The molecule has 0 unspecified atom stereocenters. The number of nitrogens with two attached hydrogens (primary N) is 1. The molecule has 0 aliphatic heterocycles. The molecule has 1 aromatic carbocycles. The molecule has 2 N–H and O–H groups in total. The van der Waals surface area contributed by atoms with Crippen molar-refractivity contribution in [2.75, 3.05) is 20.1 Å². The Hall–Kier alpha value is -1.10. The number of hydrogen-bond donors (Lipinski definition) is 1. The van der Waals surface area contributed by atoms with E-state index in [4.69, 9.17) is 5.73 Å². The highest BCUT2D eigenvalue weighted by molar-refractivity contribution is 7.17. The van der Waals surface area contributed by atoms with Crippen LogP contribution in [0.5, 0.6) is 0 Å². The van der Waals surface area contributed by atoms with Crippen molar-refractivity contribution in [2.45, 2.75) is 33.1 Å². The Morgan fingerprint density at radius 2 is 2.00 bits per heavy atom. The van der Waals surface area contributed by atoms with E-state index < -0.39 is 0 Å². The van der Waals surface area contributed by atoms with Crippen LogP contribution in [0.1, 0.15) is 32.3 Å². The van der Waals surface area contributed by atoms with E-state index >= 15 is 0 Å². The van der Waals surface area contributed by atoms with Crippen LogP contribution in [0.15, 0.2) is 29.6 Å². The molecule has 0 spiro atoms. The van der Waals surface area contributed by atoms with Crippen LogP contribution in [-0.4, -0.2) is 30.9 Å². The number of thiophene rings is 1. The number of aryl methyl sites for hydroxylation is 1. The molecule has 0 radical (unpaired) electrons. The standard InChI is InChI=1S/C18H26N2OS.ClH/c1-18(2,12-19)13-20(3)17(21)10-6-7-14-11-22-16-9-5-4-8-15(14)16;/h4-5,8-9,11H,6-7,10,12-13,19H2,1-3H3;1H. The number of rotatable bonds is 7. The van der Waals surface area contributed by atoms with Crippen molar-refractivity contribution in [3.05, 3.63) is 35.2 Å². The van der Waals surface area contributed by atoms with Crippen LogP contribution in [0, 0.1) is 5.41 Å². The topological polar surface area (TPSA) is 46.3 Å². The first-order valence-corrected chi connectivity index (χ1v) is 8.70. The summed E-state index contributed by atoms with van der Waals surface area (Å²) < 4.78 is 1.32. The van der Waals surface area contributed by atoms with Crippen LogP contribution < -0.4 is 5.73 Å². The van der Waals surface area contributed by atoms with E-state index in [1.807, 2.05) is 11.9 Å². The van der Waals surface area contributed by atoms with Crippen molar-refractivity contribution in [2.24, 2.45) is 11.1 Å². The van der Waals surface area contributed by atoms with Gasteiger partial charge in [-0.05, 0) is 47.2 Å². The highest BCUT2D eigenvalue weighted by Crippen LogP contribution is 2.26. The summed E-state index contributed by atoms with van der Waals surface area (Å²) in [6, 6.07) is 8.46. The second kappa shape index (κ2) is 8.67. The van der Waals surface area contributed by atoms with Crippen molar-refractivity contribution >= 4 is 39.7 Å². The van der Waals surface area contributed by atoms with Gasteiger partial charge in [0.15, 0.2) is 0 Å². The predicted molar refractivity (Wildman–Crippen MR) is 102 cm³/mol. The van der Waals surface area contributed by atoms with Crippen molar-refractivity contribution in [1.82, 2.24) is 4.90 Å². The second-order valence-corrected chi connectivity index (χ2v) is 7.64. The molecule has 128 valence electrons. The van der Waals surface area contributed by atoms with Crippen LogP contribution in [-0.2, 0) is 11.2 Å². The van der Waals surface area contributed by atoms with E-state index in [0.717, 1.165) is 12.8 Å². The Bertz CT molecular complexity index is 639. The summed E-state index contributed by atoms with van der Waals surface area (Å²) in [6.07, 6.45) is 2.46. The number of fused-ring (bicyclic) bond motifs is 1. The summed E-state index contributed by atoms with van der Waals surface area (Å²) in [7, 11) is 1.87. The first-order valence-electron chi connectivity index (χ1n) is 7.82. The lowest BCUT2D eigenvalue weighted by Crippen LogP contribution is -2.39. The highest BCUT2D eigenvalue weighted by Gasteiger charge is 2.20. The van der Waals surface area contributed by atoms with Gasteiger partial charge >= 0.3 is 0 Å². The molecule has 0 aliphatic carbocycles. The van der Waals surface area contributed by atoms with Crippen molar-refractivity contribution in [3.8, 4) is 0 Å². The van der Waals surface area contributed by atoms with Crippen LogP contribution in [0.2, 0.25) is 0 Å². The first kappa shape index (κ1) is 19.9. The van der Waals surface area contributed by atoms with Gasteiger partial charge in [-0.15, -0.1) is 23.7 Å². The molecule has 1 aromatic heterocycles. The molecule has 0 fully saturated rings. The molecule has 23 heavy (non-hydrogen) atoms. The van der Waals surface area contributed by atoms with Gasteiger partial charge in [0.1, 0.15) is 0 Å². The van der Waals surface area contributed by atoms with Gasteiger partial charge in [0.05, 0.1) is 0 Å². The minimum atomic E-state index is -0.0199. The van der Waals surface area contributed by atoms with Gasteiger partial charge in [-0.3, -0.25) is 4.79 Å². The van der Waals surface area contributed by atoms with Gasteiger partial charge in [-0.2, -0.15) is 0 Å². The van der Waals surface area contributed by atoms with Gasteiger partial charge in [0.2, 0.25) is 5.91 Å². The maximum Gasteiger partial charge on any atom is 0.222 e. The summed E-state index contributed by atoms with van der Waals surface area (Å²) in [4.78, 5) is 14.0. The second-order valence-electron chi connectivity index (χ2n) is 6.73. The van der Waals surface area contributed by atoms with Gasteiger partial charge in [-0.25, -0.2) is 0 Å². The minimum absolute atomic E-state index is 0. The quantitative estimate of drug-likeness (QED) is 0.814. The maximum absolute atomic E-state index is 12.2. The number of hydrogen-bond acceptors (Lipinski definition) is 3. The third-order valence-electron chi connectivity index (χ3n) is 4.04. The predicted octanol–water partition coefficient (Wildman–Crippen LogP) is 4.09. The molecule has 1 amide bonds. The van der Waals surface area contributed by atoms with E-state index in [1.54, 1.807) is 11.3 Å². The average molecular weight is 355 g/mol. The Balaban J connectivity index is 0.00000264. The van der Waals surface area contributed by atoms with E-state index in [9.17, 15) is 4.79 Å². The molecular weight excluding hydrogens is 328 g/mol. The molecule has 0 aliphatic rings. The Morgan fingerprint density at radius 3 is 2.70 bits per heavy atom. The van der Waals surface area contributed by atoms with Crippen molar-refractivity contribution in [3.63, 3.8) is 0 Å². The Morgan fingerprint density at radius 1 is 1.30 bits per heavy atom. The third-order valence-corrected chi connectivity index (χ3v) is 5.05. The molecule has 0 atom stereocenters. The van der Waals surface area contributed by atoms with Crippen LogP contribution in [0.25, 0.3) is 10.1 Å². The molecular formula is C18H27ClN2OS. The lowest BCUT2D eigenvalue weighted by atomic mass is 9.93.